The van der Waals surface area contributed by atoms with E-state index < -0.39 is 6.10 Å². The number of aliphatic hydroxyl groups is 1. The van der Waals surface area contributed by atoms with E-state index in [-0.39, 0.29) is 6.10 Å². The summed E-state index contributed by atoms with van der Waals surface area (Å²) >= 11 is 0. The van der Waals surface area contributed by atoms with Crippen molar-refractivity contribution in [1.82, 2.24) is 5.06 Å². The molecule has 0 radical (unpaired) electrons. The van der Waals surface area contributed by atoms with Gasteiger partial charge in [-0.15, -0.1) is 0 Å². The number of hydrogen-bond donors (Lipinski definition) is 1. The molecule has 4 heteroatoms. The third-order valence-electron chi connectivity index (χ3n) is 5.29. The minimum Gasteiger partial charge on any atom is -0.490 e. The van der Waals surface area contributed by atoms with Crippen LogP contribution in [0.4, 0.5) is 0 Å². The van der Waals surface area contributed by atoms with Crippen LogP contribution in [0.15, 0.2) is 35.3 Å². The Morgan fingerprint density at radius 2 is 2.24 bits per heavy atom. The van der Waals surface area contributed by atoms with Crippen LogP contribution in [0.1, 0.15) is 26.2 Å². The molecule has 1 fully saturated rings. The summed E-state index contributed by atoms with van der Waals surface area (Å²) in [5, 5.41) is 12.0. The van der Waals surface area contributed by atoms with E-state index in [4.69, 9.17) is 9.57 Å². The first-order chi connectivity index (χ1) is 10.2. The highest BCUT2D eigenvalue weighted by atomic mass is 16.7. The quantitative estimate of drug-likeness (QED) is 0.805. The monoisotopic (exact) mass is 289 g/mol. The van der Waals surface area contributed by atoms with Gasteiger partial charge in [0.05, 0.1) is 13.2 Å². The normalized spacial score (nSPS) is 42.7. The van der Waals surface area contributed by atoms with Crippen LogP contribution < -0.4 is 0 Å². The zero-order chi connectivity index (χ0) is 14.6. The zero-order valence-electron chi connectivity index (χ0n) is 12.7. The van der Waals surface area contributed by atoms with Gasteiger partial charge >= 0.3 is 0 Å². The summed E-state index contributed by atoms with van der Waals surface area (Å²) in [6.07, 6.45) is 8.98. The minimum atomic E-state index is -0.398. The average Bonchev–Trinajstić information content (AvgIpc) is 2.78. The molecule has 0 bridgehead atoms. The number of hydroxylamine groups is 2. The van der Waals surface area contributed by atoms with Crippen LogP contribution in [0.5, 0.6) is 0 Å². The van der Waals surface area contributed by atoms with Gasteiger partial charge in [0.25, 0.3) is 0 Å². The van der Waals surface area contributed by atoms with Crippen molar-refractivity contribution < 1.29 is 14.7 Å². The number of aliphatic hydroxyl groups excluding tert-OH is 1. The van der Waals surface area contributed by atoms with Crippen LogP contribution in [-0.2, 0) is 9.57 Å². The van der Waals surface area contributed by atoms with E-state index in [1.165, 1.54) is 11.1 Å². The lowest BCUT2D eigenvalue weighted by Gasteiger charge is -2.36. The zero-order valence-corrected chi connectivity index (χ0v) is 12.7. The summed E-state index contributed by atoms with van der Waals surface area (Å²) in [7, 11) is 1.70. The smallest absolute Gasteiger partial charge is 0.121 e. The standard InChI is InChI=1S/C17H23NO3/c1-10-5-11-3-4-18(20-2)9-12-7-13(19)8-15-17(12)16(11)14(6-10)21-15/h3-4,8,10,12-14,17,19H,5-7,9H2,1-2H3/b4-3-. The molecule has 2 aliphatic heterocycles. The highest BCUT2D eigenvalue weighted by Gasteiger charge is 2.47. The Kier molecular flexibility index (Phi) is 3.12. The highest BCUT2D eigenvalue weighted by Crippen LogP contribution is 2.51. The first kappa shape index (κ1) is 13.4. The number of nitrogens with zero attached hydrogens (tertiary/aromatic N) is 1. The maximum Gasteiger partial charge on any atom is 0.121 e. The predicted octanol–water partition coefficient (Wildman–Crippen LogP) is 2.38. The van der Waals surface area contributed by atoms with Crippen molar-refractivity contribution in [3.05, 3.63) is 35.3 Å². The Balaban J connectivity index is 1.83. The molecule has 0 amide bonds. The maximum atomic E-state index is 10.1. The Morgan fingerprint density at radius 3 is 3.05 bits per heavy atom. The fourth-order valence-corrected chi connectivity index (χ4v) is 4.46. The molecular formula is C17H23NO3. The highest BCUT2D eigenvalue weighted by molar-refractivity contribution is 5.42. The maximum absolute atomic E-state index is 10.1. The topological polar surface area (TPSA) is 41.9 Å². The van der Waals surface area contributed by atoms with E-state index in [1.54, 1.807) is 7.11 Å². The van der Waals surface area contributed by atoms with Crippen molar-refractivity contribution in [3.63, 3.8) is 0 Å². The molecule has 0 saturated carbocycles. The van der Waals surface area contributed by atoms with Crippen molar-refractivity contribution in [2.24, 2.45) is 17.8 Å². The van der Waals surface area contributed by atoms with Gasteiger partial charge in [-0.1, -0.05) is 6.92 Å². The minimum absolute atomic E-state index is 0.214. The molecule has 5 atom stereocenters. The fraction of sp³-hybridized carbons (Fsp3) is 0.647. The number of ether oxygens (including phenoxy) is 1. The van der Waals surface area contributed by atoms with Crippen molar-refractivity contribution in [2.45, 2.75) is 38.4 Å². The van der Waals surface area contributed by atoms with Crippen LogP contribution in [0.3, 0.4) is 0 Å². The largest absolute Gasteiger partial charge is 0.490 e. The van der Waals surface area contributed by atoms with Gasteiger partial charge < -0.3 is 9.84 Å². The van der Waals surface area contributed by atoms with E-state index in [0.29, 0.717) is 17.8 Å². The van der Waals surface area contributed by atoms with Gasteiger partial charge in [-0.3, -0.25) is 9.90 Å². The molecule has 2 heterocycles. The lowest BCUT2D eigenvalue weighted by atomic mass is 9.71. The van der Waals surface area contributed by atoms with Gasteiger partial charge in [0, 0.05) is 18.7 Å². The molecule has 1 saturated heterocycles. The lowest BCUT2D eigenvalue weighted by Crippen LogP contribution is -2.36. The van der Waals surface area contributed by atoms with E-state index in [1.807, 2.05) is 17.3 Å². The summed E-state index contributed by atoms with van der Waals surface area (Å²) in [6.45, 7) is 3.09. The Bertz CT molecular complexity index is 536. The van der Waals surface area contributed by atoms with Crippen molar-refractivity contribution in [3.8, 4) is 0 Å². The second-order valence-electron chi connectivity index (χ2n) is 6.84. The van der Waals surface area contributed by atoms with Crippen LogP contribution in [0.25, 0.3) is 0 Å². The van der Waals surface area contributed by atoms with Gasteiger partial charge in [0.2, 0.25) is 0 Å². The van der Waals surface area contributed by atoms with Crippen molar-refractivity contribution >= 4 is 0 Å². The SMILES string of the molecule is CON1/C=C\C2=C3C(CC(C)C2)OC2=CC(O)CC(C1)C23. The third-order valence-corrected chi connectivity index (χ3v) is 5.29. The van der Waals surface area contributed by atoms with Crippen LogP contribution in [0, 0.1) is 17.8 Å². The molecule has 114 valence electrons. The second-order valence-corrected chi connectivity index (χ2v) is 6.84. The number of hydrogen-bond acceptors (Lipinski definition) is 4. The third kappa shape index (κ3) is 2.12. The van der Waals surface area contributed by atoms with Crippen molar-refractivity contribution in [1.29, 1.82) is 0 Å². The summed E-state index contributed by atoms with van der Waals surface area (Å²) in [5.41, 5.74) is 2.89. The van der Waals surface area contributed by atoms with Crippen LogP contribution in [-0.4, -0.2) is 36.0 Å². The molecule has 4 aliphatic rings. The second kappa shape index (κ2) is 4.89. The van der Waals surface area contributed by atoms with Gasteiger partial charge in [-0.05, 0) is 54.4 Å². The van der Waals surface area contributed by atoms with Gasteiger partial charge in [-0.2, -0.15) is 0 Å². The summed E-state index contributed by atoms with van der Waals surface area (Å²) < 4.78 is 6.22. The fourth-order valence-electron chi connectivity index (χ4n) is 4.46. The summed E-state index contributed by atoms with van der Waals surface area (Å²) in [5.74, 6) is 2.33. The lowest BCUT2D eigenvalue weighted by molar-refractivity contribution is -0.103. The Morgan fingerprint density at radius 1 is 1.38 bits per heavy atom. The predicted molar refractivity (Wildman–Crippen MR) is 78.8 cm³/mol. The van der Waals surface area contributed by atoms with Crippen LogP contribution >= 0.6 is 0 Å². The van der Waals surface area contributed by atoms with Gasteiger partial charge in [-0.25, -0.2) is 0 Å². The number of allylic oxidation sites excluding steroid dienone is 3. The molecule has 0 aromatic rings. The molecule has 1 N–H and O–H groups in total. The molecular weight excluding hydrogens is 266 g/mol. The molecule has 0 aromatic heterocycles. The summed E-state index contributed by atoms with van der Waals surface area (Å²) in [6, 6.07) is 0. The Hall–Kier alpha value is -1.26. The molecule has 0 aromatic carbocycles. The Labute approximate surface area is 125 Å². The molecule has 21 heavy (non-hydrogen) atoms. The number of rotatable bonds is 1. The van der Waals surface area contributed by atoms with E-state index >= 15 is 0 Å². The molecule has 2 aliphatic carbocycles. The van der Waals surface area contributed by atoms with E-state index in [9.17, 15) is 5.11 Å². The van der Waals surface area contributed by atoms with Crippen LogP contribution in [0.2, 0.25) is 0 Å². The first-order valence-corrected chi connectivity index (χ1v) is 7.94. The molecule has 5 unspecified atom stereocenters. The molecule has 0 spiro atoms. The van der Waals surface area contributed by atoms with Gasteiger partial charge in [0.15, 0.2) is 0 Å². The van der Waals surface area contributed by atoms with E-state index in [0.717, 1.165) is 31.6 Å². The van der Waals surface area contributed by atoms with E-state index in [2.05, 4.69) is 13.0 Å². The van der Waals surface area contributed by atoms with Crippen molar-refractivity contribution in [2.75, 3.05) is 13.7 Å². The molecule has 4 rings (SSSR count). The summed E-state index contributed by atoms with van der Waals surface area (Å²) in [4.78, 5) is 5.45. The van der Waals surface area contributed by atoms with Gasteiger partial charge in [0.1, 0.15) is 11.9 Å². The molecule has 4 nitrogen and oxygen atoms in total. The average molecular weight is 289 g/mol. The first-order valence-electron chi connectivity index (χ1n) is 7.94.